The van der Waals surface area contributed by atoms with Gasteiger partial charge in [0.2, 0.25) is 5.91 Å². The lowest BCUT2D eigenvalue weighted by Gasteiger charge is -2.46. The number of carbonyl (C=O) groups excluding carboxylic acids is 3. The normalized spacial score (nSPS) is 22.2. The van der Waals surface area contributed by atoms with Crippen molar-refractivity contribution >= 4 is 30.6 Å². The van der Waals surface area contributed by atoms with E-state index in [-0.39, 0.29) is 0 Å². The smallest absolute Gasteiger partial charge is 0.297 e. The number of nitrogens with zero attached hydrogens (tertiary/aromatic N) is 3. The highest BCUT2D eigenvalue weighted by Gasteiger charge is 2.47. The van der Waals surface area contributed by atoms with E-state index in [9.17, 15) is 14.4 Å². The van der Waals surface area contributed by atoms with Crippen LogP contribution in [-0.4, -0.2) is 50.8 Å². The van der Waals surface area contributed by atoms with Crippen molar-refractivity contribution in [3.63, 3.8) is 0 Å². The fourth-order valence-corrected chi connectivity index (χ4v) is 1.95. The summed E-state index contributed by atoms with van der Waals surface area (Å²) in [6, 6.07) is -1.09. The molecule has 7 heteroatoms. The Balaban J connectivity index is 3.22. The maximum Gasteiger partial charge on any atom is 0.337 e. The molecule has 1 saturated heterocycles. The minimum absolute atomic E-state index is 0.441. The Hall–Kier alpha value is -1.24. The van der Waals surface area contributed by atoms with Crippen LogP contribution in [0, 0.1) is 0 Å². The molecule has 1 atom stereocenters. The molecule has 0 aliphatic carbocycles. The van der Waals surface area contributed by atoms with Crippen LogP contribution in [0.15, 0.2) is 0 Å². The number of rotatable bonds is 0. The quantitative estimate of drug-likeness (QED) is 0.668. The standard InChI is InChI=1S/C10H17N3O3S/c1-6(14)12-8(16)13(10(2,3)4)7(15)11(5)9(12)17/h9,17H,1-5H3. The van der Waals surface area contributed by atoms with E-state index in [0.29, 0.717) is 0 Å². The fraction of sp³-hybridized carbons (Fsp3) is 0.700. The first-order valence-corrected chi connectivity index (χ1v) is 5.69. The molecule has 1 aliphatic heterocycles. The molecule has 1 unspecified atom stereocenters. The number of hydrogen-bond donors (Lipinski definition) is 1. The lowest BCUT2D eigenvalue weighted by atomic mass is 10.1. The van der Waals surface area contributed by atoms with Crippen molar-refractivity contribution in [2.45, 2.75) is 38.7 Å². The van der Waals surface area contributed by atoms with Crippen LogP contribution in [0.1, 0.15) is 27.7 Å². The molecule has 1 aliphatic rings. The summed E-state index contributed by atoms with van der Waals surface area (Å²) in [4.78, 5) is 38.8. The van der Waals surface area contributed by atoms with Crippen LogP contribution in [0.4, 0.5) is 9.59 Å². The van der Waals surface area contributed by atoms with Gasteiger partial charge in [0.15, 0.2) is 5.50 Å². The van der Waals surface area contributed by atoms with E-state index in [2.05, 4.69) is 12.6 Å². The number of hydrogen-bond acceptors (Lipinski definition) is 4. The van der Waals surface area contributed by atoms with Gasteiger partial charge < -0.3 is 0 Å². The molecule has 1 heterocycles. The summed E-state index contributed by atoms with van der Waals surface area (Å²) in [6.45, 7) is 6.46. The number of amides is 5. The summed E-state index contributed by atoms with van der Waals surface area (Å²) >= 11 is 4.11. The zero-order valence-electron chi connectivity index (χ0n) is 10.6. The van der Waals surface area contributed by atoms with Crippen LogP contribution >= 0.6 is 12.6 Å². The average Bonchev–Trinajstić information content (AvgIpc) is 2.11. The summed E-state index contributed by atoms with van der Waals surface area (Å²) in [6.07, 6.45) is 0. The van der Waals surface area contributed by atoms with Crippen LogP contribution < -0.4 is 0 Å². The van der Waals surface area contributed by atoms with Gasteiger partial charge in [-0.25, -0.2) is 19.4 Å². The molecule has 17 heavy (non-hydrogen) atoms. The Morgan fingerprint density at radius 3 is 2.06 bits per heavy atom. The highest BCUT2D eigenvalue weighted by Crippen LogP contribution is 2.26. The zero-order chi connectivity index (χ0) is 13.5. The Morgan fingerprint density at radius 1 is 1.24 bits per heavy atom. The molecule has 5 amide bonds. The molecule has 0 saturated carbocycles. The highest BCUT2D eigenvalue weighted by molar-refractivity contribution is 7.80. The monoisotopic (exact) mass is 259 g/mol. The van der Waals surface area contributed by atoms with E-state index < -0.39 is 29.0 Å². The van der Waals surface area contributed by atoms with E-state index in [0.717, 1.165) is 9.80 Å². The molecule has 1 rings (SSSR count). The number of carbonyl (C=O) groups is 3. The van der Waals surface area contributed by atoms with E-state index in [1.807, 2.05) is 0 Å². The van der Waals surface area contributed by atoms with Gasteiger partial charge in [0.1, 0.15) is 0 Å². The first-order chi connectivity index (χ1) is 7.59. The first-order valence-electron chi connectivity index (χ1n) is 5.18. The molecular weight excluding hydrogens is 242 g/mol. The minimum Gasteiger partial charge on any atom is -0.297 e. The second-order valence-electron chi connectivity index (χ2n) is 4.92. The van der Waals surface area contributed by atoms with Gasteiger partial charge in [-0.15, -0.1) is 12.6 Å². The van der Waals surface area contributed by atoms with Crippen LogP contribution in [-0.2, 0) is 4.79 Å². The molecule has 0 aromatic heterocycles. The van der Waals surface area contributed by atoms with E-state index in [1.54, 1.807) is 20.8 Å². The molecule has 1 fully saturated rings. The van der Waals surface area contributed by atoms with Crippen LogP contribution in [0.2, 0.25) is 0 Å². The summed E-state index contributed by atoms with van der Waals surface area (Å²) in [5.74, 6) is -0.441. The Morgan fingerprint density at radius 2 is 1.71 bits per heavy atom. The van der Waals surface area contributed by atoms with Gasteiger partial charge in [0.25, 0.3) is 0 Å². The summed E-state index contributed by atoms with van der Waals surface area (Å²) in [5, 5.41) is 0. The maximum atomic E-state index is 12.1. The second-order valence-corrected chi connectivity index (χ2v) is 5.38. The summed E-state index contributed by atoms with van der Waals surface area (Å²) in [7, 11) is 1.50. The lowest BCUT2D eigenvalue weighted by molar-refractivity contribution is -0.129. The van der Waals surface area contributed by atoms with Crippen molar-refractivity contribution in [1.82, 2.24) is 14.7 Å². The molecule has 0 aromatic carbocycles. The van der Waals surface area contributed by atoms with Crippen molar-refractivity contribution < 1.29 is 14.4 Å². The fourth-order valence-electron chi connectivity index (χ4n) is 1.59. The van der Waals surface area contributed by atoms with E-state index in [1.165, 1.54) is 18.9 Å². The molecule has 6 nitrogen and oxygen atoms in total. The first kappa shape index (κ1) is 13.8. The van der Waals surface area contributed by atoms with Crippen molar-refractivity contribution in [3.8, 4) is 0 Å². The van der Waals surface area contributed by atoms with E-state index in [4.69, 9.17) is 0 Å². The van der Waals surface area contributed by atoms with Crippen molar-refractivity contribution in [2.24, 2.45) is 0 Å². The van der Waals surface area contributed by atoms with Crippen LogP contribution in [0.25, 0.3) is 0 Å². The molecule has 0 N–H and O–H groups in total. The van der Waals surface area contributed by atoms with Crippen LogP contribution in [0.3, 0.4) is 0 Å². The van der Waals surface area contributed by atoms with Gasteiger partial charge in [-0.3, -0.25) is 9.69 Å². The van der Waals surface area contributed by atoms with Crippen molar-refractivity contribution in [3.05, 3.63) is 0 Å². The Kier molecular flexibility index (Phi) is 3.42. The largest absolute Gasteiger partial charge is 0.337 e. The average molecular weight is 259 g/mol. The zero-order valence-corrected chi connectivity index (χ0v) is 11.5. The topological polar surface area (TPSA) is 60.9 Å². The van der Waals surface area contributed by atoms with Gasteiger partial charge in [-0.05, 0) is 20.8 Å². The number of imide groups is 2. The molecular formula is C10H17N3O3S. The van der Waals surface area contributed by atoms with Crippen molar-refractivity contribution in [1.29, 1.82) is 0 Å². The third kappa shape index (κ3) is 2.24. The third-order valence-electron chi connectivity index (χ3n) is 2.48. The minimum atomic E-state index is -0.855. The Labute approximate surface area is 106 Å². The van der Waals surface area contributed by atoms with Gasteiger partial charge >= 0.3 is 12.1 Å². The number of urea groups is 2. The van der Waals surface area contributed by atoms with E-state index >= 15 is 0 Å². The van der Waals surface area contributed by atoms with Gasteiger partial charge in [-0.2, -0.15) is 0 Å². The second kappa shape index (κ2) is 4.21. The molecule has 0 spiro atoms. The highest BCUT2D eigenvalue weighted by atomic mass is 32.1. The Bertz CT molecular complexity index is 377. The molecule has 0 radical (unpaired) electrons. The SMILES string of the molecule is CC(=O)N1C(=O)N(C(C)(C)C)C(=O)N(C)C1S. The maximum absolute atomic E-state index is 12.1. The van der Waals surface area contributed by atoms with Gasteiger partial charge in [0.05, 0.1) is 0 Å². The summed E-state index contributed by atoms with van der Waals surface area (Å²) in [5.41, 5.74) is -1.55. The molecule has 0 aromatic rings. The molecule has 0 bridgehead atoms. The predicted molar refractivity (Wildman–Crippen MR) is 65.4 cm³/mol. The molecule has 96 valence electrons. The third-order valence-corrected chi connectivity index (χ3v) is 3.06. The summed E-state index contributed by atoms with van der Waals surface area (Å²) < 4.78 is 0. The number of thiol groups is 1. The van der Waals surface area contributed by atoms with Gasteiger partial charge in [0, 0.05) is 19.5 Å². The van der Waals surface area contributed by atoms with Crippen LogP contribution in [0.5, 0.6) is 0 Å². The lowest BCUT2D eigenvalue weighted by Crippen LogP contribution is -2.68. The van der Waals surface area contributed by atoms with Gasteiger partial charge in [-0.1, -0.05) is 0 Å². The predicted octanol–water partition coefficient (Wildman–Crippen LogP) is 1.33. The van der Waals surface area contributed by atoms with Crippen molar-refractivity contribution in [2.75, 3.05) is 7.05 Å².